The zero-order valence-corrected chi connectivity index (χ0v) is 19.0. The second-order valence-corrected chi connectivity index (χ2v) is 7.37. The second kappa shape index (κ2) is 11.9. The maximum atomic E-state index is 12.6. The predicted octanol–water partition coefficient (Wildman–Crippen LogP) is 5.12. The van der Waals surface area contributed by atoms with Crippen molar-refractivity contribution < 1.29 is 14.3 Å². The van der Waals surface area contributed by atoms with Gasteiger partial charge in [0.15, 0.2) is 0 Å². The fraction of sp³-hybridized carbons (Fsp3) is 0.308. The largest absolute Gasteiger partial charge is 0.497 e. The normalized spacial score (nSPS) is 10.8. The number of aromatic nitrogens is 1. The average molecular weight is 434 g/mol. The summed E-state index contributed by atoms with van der Waals surface area (Å²) in [7, 11) is 1.63. The van der Waals surface area contributed by atoms with Crippen LogP contribution in [-0.2, 0) is 0 Å². The van der Waals surface area contributed by atoms with Crippen molar-refractivity contribution in [2.24, 2.45) is 0 Å². The van der Waals surface area contributed by atoms with Gasteiger partial charge in [-0.15, -0.1) is 0 Å². The number of nitrogens with one attached hydrogen (secondary N) is 1. The molecule has 0 radical (unpaired) electrons. The molecule has 32 heavy (non-hydrogen) atoms. The molecule has 0 aliphatic carbocycles. The Labute approximate surface area is 190 Å². The van der Waals surface area contributed by atoms with Gasteiger partial charge < -0.3 is 19.7 Å². The lowest BCUT2D eigenvalue weighted by Crippen LogP contribution is -2.25. The first-order chi connectivity index (χ1) is 15.6. The minimum atomic E-state index is -0.202. The molecule has 0 fully saturated rings. The Morgan fingerprint density at radius 2 is 1.62 bits per heavy atom. The zero-order valence-electron chi connectivity index (χ0n) is 19.0. The van der Waals surface area contributed by atoms with Crippen LogP contribution in [0.15, 0.2) is 66.9 Å². The highest BCUT2D eigenvalue weighted by Gasteiger charge is 2.08. The van der Waals surface area contributed by atoms with Gasteiger partial charge in [0.1, 0.15) is 11.5 Å². The van der Waals surface area contributed by atoms with Gasteiger partial charge in [0, 0.05) is 24.0 Å². The van der Waals surface area contributed by atoms with Gasteiger partial charge in [-0.3, -0.25) is 9.78 Å². The summed E-state index contributed by atoms with van der Waals surface area (Å²) < 4.78 is 11.0. The Hall–Kier alpha value is -3.38. The van der Waals surface area contributed by atoms with E-state index < -0.39 is 0 Å². The molecule has 1 N–H and O–H groups in total. The molecule has 6 nitrogen and oxygen atoms in total. The Kier molecular flexibility index (Phi) is 8.63. The highest BCUT2D eigenvalue weighted by molar-refractivity contribution is 6.04. The van der Waals surface area contributed by atoms with E-state index in [1.54, 1.807) is 19.4 Å². The third-order valence-electron chi connectivity index (χ3n) is 5.31. The molecular weight excluding hydrogens is 402 g/mol. The molecular formula is C26H31N3O3. The van der Waals surface area contributed by atoms with Gasteiger partial charge in [-0.25, -0.2) is 0 Å². The van der Waals surface area contributed by atoms with Crippen LogP contribution in [-0.4, -0.2) is 49.1 Å². The van der Waals surface area contributed by atoms with Crippen molar-refractivity contribution >= 4 is 11.6 Å². The fourth-order valence-electron chi connectivity index (χ4n) is 3.32. The Bertz CT molecular complexity index is 967. The van der Waals surface area contributed by atoms with Crippen LogP contribution in [0.2, 0.25) is 0 Å². The highest BCUT2D eigenvalue weighted by atomic mass is 16.5. The molecule has 0 saturated heterocycles. The standard InChI is InChI=1S/C26H31N3O3/c1-4-29(5-2)17-6-18-32-24-14-10-22(11-15-24)28-26(30)21-9-16-25(27-19-21)20-7-12-23(31-3)13-8-20/h7-16,19H,4-6,17-18H2,1-3H3,(H,28,30). The molecule has 168 valence electrons. The van der Waals surface area contributed by atoms with Gasteiger partial charge in [-0.1, -0.05) is 13.8 Å². The number of hydrogen-bond acceptors (Lipinski definition) is 5. The van der Waals surface area contributed by atoms with Crippen molar-refractivity contribution in [3.63, 3.8) is 0 Å². The first-order valence-corrected chi connectivity index (χ1v) is 11.0. The molecule has 1 amide bonds. The van der Waals surface area contributed by atoms with Crippen LogP contribution in [0.5, 0.6) is 11.5 Å². The van der Waals surface area contributed by atoms with Crippen LogP contribution in [0.25, 0.3) is 11.3 Å². The summed E-state index contributed by atoms with van der Waals surface area (Å²) in [4.78, 5) is 19.4. The van der Waals surface area contributed by atoms with Gasteiger partial charge in [-0.05, 0) is 80.2 Å². The summed E-state index contributed by atoms with van der Waals surface area (Å²) in [5.41, 5.74) is 2.97. The van der Waals surface area contributed by atoms with Crippen LogP contribution in [0.1, 0.15) is 30.6 Å². The molecule has 2 aromatic carbocycles. The molecule has 0 spiro atoms. The lowest BCUT2D eigenvalue weighted by molar-refractivity contribution is 0.102. The van der Waals surface area contributed by atoms with Crippen molar-refractivity contribution in [1.29, 1.82) is 0 Å². The molecule has 3 aromatic rings. The quantitative estimate of drug-likeness (QED) is 0.425. The zero-order chi connectivity index (χ0) is 22.8. The smallest absolute Gasteiger partial charge is 0.257 e. The van der Waals surface area contributed by atoms with Gasteiger partial charge in [0.05, 0.1) is 25.0 Å². The van der Waals surface area contributed by atoms with Gasteiger partial charge in [0.2, 0.25) is 0 Å². The molecule has 0 aliphatic heterocycles. The molecule has 0 bridgehead atoms. The molecule has 1 heterocycles. The summed E-state index contributed by atoms with van der Waals surface area (Å²) in [6.45, 7) is 8.17. The van der Waals surface area contributed by atoms with Crippen molar-refractivity contribution in [1.82, 2.24) is 9.88 Å². The van der Waals surface area contributed by atoms with Crippen molar-refractivity contribution in [2.45, 2.75) is 20.3 Å². The molecule has 0 unspecified atom stereocenters. The number of benzene rings is 2. The van der Waals surface area contributed by atoms with Crippen LogP contribution >= 0.6 is 0 Å². The van der Waals surface area contributed by atoms with Crippen LogP contribution < -0.4 is 14.8 Å². The first-order valence-electron chi connectivity index (χ1n) is 11.0. The molecule has 3 rings (SSSR count). The highest BCUT2D eigenvalue weighted by Crippen LogP contribution is 2.21. The lowest BCUT2D eigenvalue weighted by atomic mass is 10.1. The van der Waals surface area contributed by atoms with E-state index in [9.17, 15) is 4.79 Å². The number of rotatable bonds is 11. The van der Waals surface area contributed by atoms with E-state index in [0.717, 1.165) is 48.8 Å². The number of nitrogens with zero attached hydrogens (tertiary/aromatic N) is 2. The number of methoxy groups -OCH3 is 1. The van der Waals surface area contributed by atoms with Crippen LogP contribution in [0.3, 0.4) is 0 Å². The number of ether oxygens (including phenoxy) is 2. The van der Waals surface area contributed by atoms with E-state index in [0.29, 0.717) is 17.9 Å². The van der Waals surface area contributed by atoms with E-state index in [1.807, 2.05) is 54.6 Å². The molecule has 0 aliphatic rings. The topological polar surface area (TPSA) is 63.7 Å². The summed E-state index contributed by atoms with van der Waals surface area (Å²) in [5, 5.41) is 2.90. The van der Waals surface area contributed by atoms with Gasteiger partial charge in [-0.2, -0.15) is 0 Å². The Morgan fingerprint density at radius 1 is 0.938 bits per heavy atom. The number of carbonyl (C=O) groups is 1. The molecule has 0 atom stereocenters. The van der Waals surface area contributed by atoms with Crippen molar-refractivity contribution in [2.75, 3.05) is 38.7 Å². The fourth-order valence-corrected chi connectivity index (χ4v) is 3.32. The number of anilines is 1. The summed E-state index contributed by atoms with van der Waals surface area (Å²) in [6, 6.07) is 18.7. The maximum absolute atomic E-state index is 12.6. The van der Waals surface area contributed by atoms with Crippen LogP contribution in [0.4, 0.5) is 5.69 Å². The Morgan fingerprint density at radius 3 is 2.22 bits per heavy atom. The van der Waals surface area contributed by atoms with E-state index in [1.165, 1.54) is 0 Å². The predicted molar refractivity (Wildman–Crippen MR) is 129 cm³/mol. The number of carbonyl (C=O) groups excluding carboxylic acids is 1. The third kappa shape index (κ3) is 6.56. The van der Waals surface area contributed by atoms with Gasteiger partial charge >= 0.3 is 0 Å². The van der Waals surface area contributed by atoms with Crippen LogP contribution in [0, 0.1) is 0 Å². The lowest BCUT2D eigenvalue weighted by Gasteiger charge is -2.17. The second-order valence-electron chi connectivity index (χ2n) is 7.37. The first kappa shape index (κ1) is 23.3. The number of pyridine rings is 1. The van der Waals surface area contributed by atoms with Crippen molar-refractivity contribution in [3.05, 3.63) is 72.4 Å². The van der Waals surface area contributed by atoms with E-state index in [4.69, 9.17) is 9.47 Å². The molecule has 0 saturated carbocycles. The average Bonchev–Trinajstić information content (AvgIpc) is 2.85. The van der Waals surface area contributed by atoms with Gasteiger partial charge in [0.25, 0.3) is 5.91 Å². The monoisotopic (exact) mass is 433 g/mol. The third-order valence-corrected chi connectivity index (χ3v) is 5.31. The molecule has 6 heteroatoms. The summed E-state index contributed by atoms with van der Waals surface area (Å²) >= 11 is 0. The molecule has 1 aromatic heterocycles. The maximum Gasteiger partial charge on any atom is 0.257 e. The van der Waals surface area contributed by atoms with Crippen molar-refractivity contribution in [3.8, 4) is 22.8 Å². The minimum Gasteiger partial charge on any atom is -0.497 e. The minimum absolute atomic E-state index is 0.202. The van der Waals surface area contributed by atoms with E-state index in [2.05, 4.69) is 29.0 Å². The SMILES string of the molecule is CCN(CC)CCCOc1ccc(NC(=O)c2ccc(-c3ccc(OC)cc3)nc2)cc1. The Balaban J connectivity index is 1.50. The number of hydrogen-bond donors (Lipinski definition) is 1. The summed E-state index contributed by atoms with van der Waals surface area (Å²) in [6.07, 6.45) is 2.57. The van der Waals surface area contributed by atoms with E-state index in [-0.39, 0.29) is 5.91 Å². The number of amides is 1. The summed E-state index contributed by atoms with van der Waals surface area (Å²) in [5.74, 6) is 1.39. The van der Waals surface area contributed by atoms with E-state index >= 15 is 0 Å².